The summed E-state index contributed by atoms with van der Waals surface area (Å²) in [5.74, 6) is 1.44. The lowest BCUT2D eigenvalue weighted by molar-refractivity contribution is -0.125. The Bertz CT molecular complexity index is 824. The van der Waals surface area contributed by atoms with Crippen LogP contribution in [0.1, 0.15) is 32.3 Å². The van der Waals surface area contributed by atoms with Crippen LogP contribution in [0, 0.1) is 5.92 Å². The third-order valence-electron chi connectivity index (χ3n) is 4.63. The van der Waals surface area contributed by atoms with E-state index in [-0.39, 0.29) is 17.4 Å². The molecule has 1 aromatic carbocycles. The lowest BCUT2D eigenvalue weighted by atomic mass is 10.0. The molecule has 1 aliphatic rings. The molecule has 134 valence electrons. The third-order valence-corrected chi connectivity index (χ3v) is 4.63. The second-order valence-corrected chi connectivity index (χ2v) is 6.26. The van der Waals surface area contributed by atoms with Gasteiger partial charge in [0.05, 0.1) is 5.52 Å². The fraction of sp³-hybridized carbons (Fsp3) is 0.474. The monoisotopic (exact) mass is 344 g/mol. The first-order valence-electron chi connectivity index (χ1n) is 8.85. The van der Waals surface area contributed by atoms with Gasteiger partial charge in [-0.1, -0.05) is 13.8 Å². The molecule has 1 amide bonds. The Hall–Kier alpha value is -2.50. The fourth-order valence-corrected chi connectivity index (χ4v) is 3.10. The van der Waals surface area contributed by atoms with Crippen LogP contribution < -0.4 is 20.3 Å². The molecule has 2 heterocycles. The standard InChI is InChI=1S/C19H24N2O4/c1-3-12(4-2)18(22)20-6-5-13-9-14-10-16-17(25-8-7-24-16)11-15(14)21-19(13)23/h9-12H,3-8H2,1-2H3,(H,20,22)(H,21,23). The average molecular weight is 344 g/mol. The summed E-state index contributed by atoms with van der Waals surface area (Å²) in [6, 6.07) is 5.53. The summed E-state index contributed by atoms with van der Waals surface area (Å²) >= 11 is 0. The Balaban J connectivity index is 1.74. The molecule has 0 bridgehead atoms. The number of amides is 1. The van der Waals surface area contributed by atoms with Crippen LogP contribution in [0.5, 0.6) is 11.5 Å². The van der Waals surface area contributed by atoms with Crippen molar-refractivity contribution in [1.29, 1.82) is 0 Å². The number of carbonyl (C=O) groups is 1. The lowest BCUT2D eigenvalue weighted by Crippen LogP contribution is -2.32. The SMILES string of the molecule is CCC(CC)C(=O)NCCc1cc2cc3c(cc2[nH]c1=O)OCCO3. The molecule has 6 heteroatoms. The molecule has 0 atom stereocenters. The van der Waals surface area contributed by atoms with Gasteiger partial charge in [-0.25, -0.2) is 0 Å². The number of H-pyrrole nitrogens is 1. The van der Waals surface area contributed by atoms with Crippen molar-refractivity contribution in [1.82, 2.24) is 10.3 Å². The highest BCUT2D eigenvalue weighted by molar-refractivity contribution is 5.83. The number of aromatic amines is 1. The first-order chi connectivity index (χ1) is 12.1. The van der Waals surface area contributed by atoms with E-state index in [1.165, 1.54) is 0 Å². The van der Waals surface area contributed by atoms with E-state index in [0.29, 0.717) is 43.2 Å². The summed E-state index contributed by atoms with van der Waals surface area (Å²) in [4.78, 5) is 27.2. The van der Waals surface area contributed by atoms with Crippen molar-refractivity contribution in [3.05, 3.63) is 34.1 Å². The highest BCUT2D eigenvalue weighted by Gasteiger charge is 2.15. The number of rotatable bonds is 6. The van der Waals surface area contributed by atoms with Crippen molar-refractivity contribution in [2.75, 3.05) is 19.8 Å². The van der Waals surface area contributed by atoms with E-state index in [9.17, 15) is 9.59 Å². The number of hydrogen-bond donors (Lipinski definition) is 2. The number of nitrogens with one attached hydrogen (secondary N) is 2. The molecule has 0 aliphatic carbocycles. The van der Waals surface area contributed by atoms with Crippen LogP contribution in [0.15, 0.2) is 23.0 Å². The topological polar surface area (TPSA) is 80.4 Å². The van der Waals surface area contributed by atoms with E-state index < -0.39 is 0 Å². The van der Waals surface area contributed by atoms with Gasteiger partial charge in [-0.15, -0.1) is 0 Å². The second kappa shape index (κ2) is 7.59. The minimum absolute atomic E-state index is 0.0403. The van der Waals surface area contributed by atoms with Gasteiger partial charge in [0, 0.05) is 29.5 Å². The highest BCUT2D eigenvalue weighted by Crippen LogP contribution is 2.33. The quantitative estimate of drug-likeness (QED) is 0.843. The molecule has 0 unspecified atom stereocenters. The first kappa shape index (κ1) is 17.3. The molecular weight excluding hydrogens is 320 g/mol. The molecule has 3 rings (SSSR count). The zero-order valence-electron chi connectivity index (χ0n) is 14.7. The van der Waals surface area contributed by atoms with E-state index >= 15 is 0 Å². The fourth-order valence-electron chi connectivity index (χ4n) is 3.10. The van der Waals surface area contributed by atoms with Crippen LogP contribution in [0.4, 0.5) is 0 Å². The predicted octanol–water partition coefficient (Wildman–Crippen LogP) is 2.39. The van der Waals surface area contributed by atoms with Gasteiger partial charge in [-0.3, -0.25) is 9.59 Å². The summed E-state index contributed by atoms with van der Waals surface area (Å²) in [5, 5.41) is 3.82. The molecule has 0 saturated heterocycles. The Kier molecular flexibility index (Phi) is 5.26. The molecule has 1 aliphatic heterocycles. The van der Waals surface area contributed by atoms with Gasteiger partial charge in [-0.2, -0.15) is 0 Å². The number of benzene rings is 1. The summed E-state index contributed by atoms with van der Waals surface area (Å²) < 4.78 is 11.1. The molecule has 0 saturated carbocycles. The summed E-state index contributed by atoms with van der Waals surface area (Å²) in [6.07, 6.45) is 2.14. The minimum atomic E-state index is -0.138. The molecule has 1 aromatic heterocycles. The van der Waals surface area contributed by atoms with Crippen molar-refractivity contribution >= 4 is 16.8 Å². The average Bonchev–Trinajstić information content (AvgIpc) is 2.61. The summed E-state index contributed by atoms with van der Waals surface area (Å²) in [6.45, 7) is 5.50. The predicted molar refractivity (Wildman–Crippen MR) is 96.3 cm³/mol. The third kappa shape index (κ3) is 3.78. The van der Waals surface area contributed by atoms with Crippen LogP contribution in [0.25, 0.3) is 10.9 Å². The van der Waals surface area contributed by atoms with Crippen LogP contribution >= 0.6 is 0 Å². The lowest BCUT2D eigenvalue weighted by Gasteiger charge is -2.19. The largest absolute Gasteiger partial charge is 0.486 e. The molecule has 0 fully saturated rings. The number of pyridine rings is 1. The van der Waals surface area contributed by atoms with Crippen LogP contribution in [0.2, 0.25) is 0 Å². The Morgan fingerprint density at radius 2 is 1.84 bits per heavy atom. The van der Waals surface area contributed by atoms with Crippen molar-refractivity contribution in [3.63, 3.8) is 0 Å². The first-order valence-corrected chi connectivity index (χ1v) is 8.85. The van der Waals surface area contributed by atoms with Gasteiger partial charge in [0.25, 0.3) is 5.56 Å². The summed E-state index contributed by atoms with van der Waals surface area (Å²) in [7, 11) is 0. The Morgan fingerprint density at radius 3 is 2.52 bits per heavy atom. The highest BCUT2D eigenvalue weighted by atomic mass is 16.6. The number of hydrogen-bond acceptors (Lipinski definition) is 4. The molecular formula is C19H24N2O4. The van der Waals surface area contributed by atoms with Crippen molar-refractivity contribution < 1.29 is 14.3 Å². The van der Waals surface area contributed by atoms with Crippen molar-refractivity contribution in [2.24, 2.45) is 5.92 Å². The van der Waals surface area contributed by atoms with Crippen LogP contribution in [0.3, 0.4) is 0 Å². The molecule has 25 heavy (non-hydrogen) atoms. The van der Waals surface area contributed by atoms with Gasteiger partial charge in [-0.05, 0) is 31.4 Å². The maximum atomic E-state index is 12.3. The van der Waals surface area contributed by atoms with Gasteiger partial charge in [0.1, 0.15) is 13.2 Å². The number of ether oxygens (including phenoxy) is 2. The van der Waals surface area contributed by atoms with Crippen molar-refractivity contribution in [3.8, 4) is 11.5 Å². The van der Waals surface area contributed by atoms with E-state index in [4.69, 9.17) is 9.47 Å². The number of aromatic nitrogens is 1. The van der Waals surface area contributed by atoms with E-state index in [1.54, 1.807) is 6.07 Å². The Labute approximate surface area is 146 Å². The second-order valence-electron chi connectivity index (χ2n) is 6.26. The van der Waals surface area contributed by atoms with Crippen molar-refractivity contribution in [2.45, 2.75) is 33.1 Å². The molecule has 2 N–H and O–H groups in total. The van der Waals surface area contributed by atoms with Gasteiger partial charge in [0.2, 0.25) is 5.91 Å². The van der Waals surface area contributed by atoms with Crippen LogP contribution in [-0.2, 0) is 11.2 Å². The van der Waals surface area contributed by atoms with Gasteiger partial charge < -0.3 is 19.8 Å². The van der Waals surface area contributed by atoms with E-state index in [0.717, 1.165) is 23.7 Å². The normalized spacial score (nSPS) is 13.2. The molecule has 0 radical (unpaired) electrons. The van der Waals surface area contributed by atoms with E-state index in [2.05, 4.69) is 10.3 Å². The number of carbonyl (C=O) groups excluding carboxylic acids is 1. The number of fused-ring (bicyclic) bond motifs is 2. The zero-order valence-corrected chi connectivity index (χ0v) is 14.7. The Morgan fingerprint density at radius 1 is 1.16 bits per heavy atom. The van der Waals surface area contributed by atoms with Gasteiger partial charge >= 0.3 is 0 Å². The zero-order chi connectivity index (χ0) is 17.8. The molecule has 0 spiro atoms. The molecule has 6 nitrogen and oxygen atoms in total. The maximum absolute atomic E-state index is 12.3. The van der Waals surface area contributed by atoms with E-state index in [1.807, 2.05) is 26.0 Å². The smallest absolute Gasteiger partial charge is 0.251 e. The minimum Gasteiger partial charge on any atom is -0.486 e. The van der Waals surface area contributed by atoms with Crippen LogP contribution in [-0.4, -0.2) is 30.6 Å². The van der Waals surface area contributed by atoms with Gasteiger partial charge in [0.15, 0.2) is 11.5 Å². The molecule has 2 aromatic rings. The maximum Gasteiger partial charge on any atom is 0.251 e. The summed E-state index contributed by atoms with van der Waals surface area (Å²) in [5.41, 5.74) is 1.23.